The average Bonchev–Trinajstić information content (AvgIpc) is 2.68. The van der Waals surface area contributed by atoms with Crippen LogP contribution in [0.25, 0.3) is 0 Å². The Balaban J connectivity index is 2.37. The van der Waals surface area contributed by atoms with Crippen LogP contribution in [0.1, 0.15) is 51.7 Å². The van der Waals surface area contributed by atoms with Crippen molar-refractivity contribution < 1.29 is 9.52 Å². The molecule has 0 bridgehead atoms. The maximum atomic E-state index is 10.4. The highest BCUT2D eigenvalue weighted by Gasteiger charge is 2.33. The zero-order chi connectivity index (χ0) is 11.8. The monoisotopic (exact) mass is 220 g/mol. The van der Waals surface area contributed by atoms with Crippen LogP contribution in [-0.2, 0) is 0 Å². The molecular formula is C14H20O2. The van der Waals surface area contributed by atoms with Crippen LogP contribution in [0.2, 0.25) is 0 Å². The van der Waals surface area contributed by atoms with E-state index in [0.717, 1.165) is 18.4 Å². The van der Waals surface area contributed by atoms with Crippen LogP contribution in [0, 0.1) is 5.41 Å². The Hall–Kier alpha value is -1.02. The Kier molecular flexibility index (Phi) is 2.94. The molecule has 1 unspecified atom stereocenters. The topological polar surface area (TPSA) is 33.4 Å². The first-order valence-electron chi connectivity index (χ1n) is 5.92. The minimum Gasteiger partial charge on any atom is -0.472 e. The molecule has 2 nitrogen and oxygen atoms in total. The van der Waals surface area contributed by atoms with Crippen LogP contribution < -0.4 is 0 Å². The molecule has 0 spiro atoms. The fourth-order valence-electron chi connectivity index (χ4n) is 2.84. The van der Waals surface area contributed by atoms with Crippen LogP contribution in [0.5, 0.6) is 0 Å². The highest BCUT2D eigenvalue weighted by atomic mass is 16.3. The normalized spacial score (nSPS) is 22.2. The zero-order valence-electron chi connectivity index (χ0n) is 10.3. The molecule has 1 aromatic rings. The van der Waals surface area contributed by atoms with E-state index < -0.39 is 6.10 Å². The van der Waals surface area contributed by atoms with Gasteiger partial charge in [0.15, 0.2) is 0 Å². The summed E-state index contributed by atoms with van der Waals surface area (Å²) in [6.07, 6.45) is 6.22. The molecule has 0 saturated heterocycles. The summed E-state index contributed by atoms with van der Waals surface area (Å²) in [5.41, 5.74) is 3.48. The summed E-state index contributed by atoms with van der Waals surface area (Å²) < 4.78 is 5.05. The fourth-order valence-corrected chi connectivity index (χ4v) is 2.84. The Morgan fingerprint density at radius 3 is 2.75 bits per heavy atom. The Bertz CT molecular complexity index is 385. The third-order valence-electron chi connectivity index (χ3n) is 3.67. The van der Waals surface area contributed by atoms with Crippen molar-refractivity contribution in [2.75, 3.05) is 0 Å². The molecule has 1 N–H and O–H groups in total. The first-order valence-corrected chi connectivity index (χ1v) is 5.92. The Morgan fingerprint density at radius 1 is 1.44 bits per heavy atom. The number of hydrogen-bond acceptors (Lipinski definition) is 2. The molecule has 2 rings (SSSR count). The second-order valence-corrected chi connectivity index (χ2v) is 5.39. The van der Waals surface area contributed by atoms with Crippen molar-refractivity contribution in [3.63, 3.8) is 0 Å². The third-order valence-corrected chi connectivity index (χ3v) is 3.67. The lowest BCUT2D eigenvalue weighted by Gasteiger charge is -2.37. The maximum absolute atomic E-state index is 10.4. The van der Waals surface area contributed by atoms with Crippen molar-refractivity contribution in [1.82, 2.24) is 0 Å². The van der Waals surface area contributed by atoms with Gasteiger partial charge in [0.25, 0.3) is 0 Å². The summed E-state index contributed by atoms with van der Waals surface area (Å²) in [6.45, 7) is 6.57. The number of furan rings is 1. The largest absolute Gasteiger partial charge is 0.472 e. The first-order chi connectivity index (χ1) is 7.52. The van der Waals surface area contributed by atoms with Gasteiger partial charge in [0.1, 0.15) is 6.10 Å². The van der Waals surface area contributed by atoms with Crippen LogP contribution in [0.4, 0.5) is 0 Å². The smallest absolute Gasteiger partial charge is 0.104 e. The van der Waals surface area contributed by atoms with Gasteiger partial charge in [-0.1, -0.05) is 19.4 Å². The van der Waals surface area contributed by atoms with Gasteiger partial charge in [0.2, 0.25) is 0 Å². The molecule has 0 aliphatic heterocycles. The number of allylic oxidation sites excluding steroid dienone is 1. The molecule has 0 saturated carbocycles. The van der Waals surface area contributed by atoms with E-state index in [-0.39, 0.29) is 5.41 Å². The highest BCUT2D eigenvalue weighted by Crippen LogP contribution is 2.45. The van der Waals surface area contributed by atoms with Crippen molar-refractivity contribution in [3.8, 4) is 0 Å². The number of aliphatic hydroxyl groups excluding tert-OH is 1. The third kappa shape index (κ3) is 1.94. The predicted octanol–water partition coefficient (Wildman–Crippen LogP) is 3.84. The lowest BCUT2D eigenvalue weighted by Crippen LogP contribution is -2.24. The summed E-state index contributed by atoms with van der Waals surface area (Å²) in [5, 5.41) is 10.4. The van der Waals surface area contributed by atoms with E-state index in [9.17, 15) is 5.11 Å². The molecule has 1 aliphatic rings. The van der Waals surface area contributed by atoms with E-state index in [4.69, 9.17) is 4.42 Å². The second-order valence-electron chi connectivity index (χ2n) is 5.39. The van der Waals surface area contributed by atoms with Gasteiger partial charge in [-0.3, -0.25) is 0 Å². The Labute approximate surface area is 97.0 Å². The van der Waals surface area contributed by atoms with Gasteiger partial charge in [-0.15, -0.1) is 0 Å². The molecule has 1 aromatic heterocycles. The van der Waals surface area contributed by atoms with Crippen molar-refractivity contribution >= 4 is 0 Å². The van der Waals surface area contributed by atoms with Crippen molar-refractivity contribution in [2.45, 2.75) is 46.1 Å². The van der Waals surface area contributed by atoms with Gasteiger partial charge in [-0.2, -0.15) is 0 Å². The van der Waals surface area contributed by atoms with Crippen molar-refractivity contribution in [2.24, 2.45) is 5.41 Å². The summed E-state index contributed by atoms with van der Waals surface area (Å²) >= 11 is 0. The van der Waals surface area contributed by atoms with Gasteiger partial charge < -0.3 is 9.52 Å². The molecule has 0 amide bonds. The quantitative estimate of drug-likeness (QED) is 0.768. The molecule has 0 fully saturated rings. The number of rotatable bonds is 2. The predicted molar refractivity (Wildman–Crippen MR) is 64.0 cm³/mol. The molecule has 1 heterocycles. The number of hydrogen-bond donors (Lipinski definition) is 1. The molecule has 0 aromatic carbocycles. The summed E-state index contributed by atoms with van der Waals surface area (Å²) in [6, 6.07) is 1.84. The zero-order valence-corrected chi connectivity index (χ0v) is 10.3. The average molecular weight is 220 g/mol. The minimum atomic E-state index is -0.506. The van der Waals surface area contributed by atoms with E-state index in [1.54, 1.807) is 12.5 Å². The van der Waals surface area contributed by atoms with Crippen LogP contribution >= 0.6 is 0 Å². The lowest BCUT2D eigenvalue weighted by atomic mass is 9.70. The van der Waals surface area contributed by atoms with Crippen LogP contribution in [-0.4, -0.2) is 5.11 Å². The Morgan fingerprint density at radius 2 is 2.19 bits per heavy atom. The SMILES string of the molecule is CC1=C(C(O)c2ccoc2)C(C)(C)CCC1. The van der Waals surface area contributed by atoms with Crippen molar-refractivity contribution in [3.05, 3.63) is 35.3 Å². The van der Waals surface area contributed by atoms with E-state index in [1.807, 2.05) is 6.07 Å². The van der Waals surface area contributed by atoms with Gasteiger partial charge in [0, 0.05) is 5.56 Å². The van der Waals surface area contributed by atoms with Crippen LogP contribution in [0.3, 0.4) is 0 Å². The summed E-state index contributed by atoms with van der Waals surface area (Å²) in [4.78, 5) is 0. The van der Waals surface area contributed by atoms with Crippen LogP contribution in [0.15, 0.2) is 34.2 Å². The van der Waals surface area contributed by atoms with E-state index in [0.29, 0.717) is 0 Å². The highest BCUT2D eigenvalue weighted by molar-refractivity contribution is 5.32. The van der Waals surface area contributed by atoms with E-state index in [2.05, 4.69) is 20.8 Å². The number of aliphatic hydroxyl groups is 1. The standard InChI is InChI=1S/C14H20O2/c1-10-5-4-7-14(2,3)12(10)13(15)11-6-8-16-9-11/h6,8-9,13,15H,4-5,7H2,1-3H3. The van der Waals surface area contributed by atoms with Gasteiger partial charge >= 0.3 is 0 Å². The van der Waals surface area contributed by atoms with E-state index in [1.165, 1.54) is 17.6 Å². The van der Waals surface area contributed by atoms with Gasteiger partial charge in [0.05, 0.1) is 12.5 Å². The molecular weight excluding hydrogens is 200 g/mol. The summed E-state index contributed by atoms with van der Waals surface area (Å²) in [7, 11) is 0. The molecule has 2 heteroatoms. The maximum Gasteiger partial charge on any atom is 0.104 e. The first kappa shape index (κ1) is 11.5. The van der Waals surface area contributed by atoms with Gasteiger partial charge in [-0.25, -0.2) is 0 Å². The van der Waals surface area contributed by atoms with E-state index >= 15 is 0 Å². The van der Waals surface area contributed by atoms with Crippen molar-refractivity contribution in [1.29, 1.82) is 0 Å². The molecule has 1 aliphatic carbocycles. The molecule has 16 heavy (non-hydrogen) atoms. The molecule has 1 atom stereocenters. The fraction of sp³-hybridized carbons (Fsp3) is 0.571. The lowest BCUT2D eigenvalue weighted by molar-refractivity contribution is 0.170. The van der Waals surface area contributed by atoms with Gasteiger partial charge in [-0.05, 0) is 43.2 Å². The second kappa shape index (κ2) is 4.10. The molecule has 88 valence electrons. The summed E-state index contributed by atoms with van der Waals surface area (Å²) in [5.74, 6) is 0. The molecule has 0 radical (unpaired) electrons. The minimum absolute atomic E-state index is 0.0962.